The van der Waals surface area contributed by atoms with Gasteiger partial charge < -0.3 is 4.90 Å². The van der Waals surface area contributed by atoms with Crippen molar-refractivity contribution in [2.24, 2.45) is 0 Å². The van der Waals surface area contributed by atoms with Gasteiger partial charge in [-0.05, 0) is 11.0 Å². The van der Waals surface area contributed by atoms with Crippen molar-refractivity contribution in [3.63, 3.8) is 0 Å². The second-order valence-corrected chi connectivity index (χ2v) is 6.27. The van der Waals surface area contributed by atoms with E-state index in [4.69, 9.17) is 5.26 Å². The molecule has 1 aromatic heterocycles. The molecule has 0 aliphatic carbocycles. The molecule has 108 valence electrons. The summed E-state index contributed by atoms with van der Waals surface area (Å²) in [5.41, 5.74) is 3.53. The van der Waals surface area contributed by atoms with Crippen LogP contribution in [-0.4, -0.2) is 24.1 Å². The quantitative estimate of drug-likeness (QED) is 0.846. The highest BCUT2D eigenvalue weighted by Crippen LogP contribution is 2.26. The lowest BCUT2D eigenvalue weighted by Crippen LogP contribution is -2.14. The number of nitriles is 1. The van der Waals surface area contributed by atoms with E-state index in [1.165, 1.54) is 5.56 Å². The average Bonchev–Trinajstić information content (AvgIpc) is 2.46. The smallest absolute Gasteiger partial charge is 0.226 e. The van der Waals surface area contributed by atoms with Gasteiger partial charge in [-0.2, -0.15) is 5.26 Å². The molecule has 4 nitrogen and oxygen atoms in total. The molecule has 21 heavy (non-hydrogen) atoms. The van der Waals surface area contributed by atoms with Gasteiger partial charge in [-0.25, -0.2) is 9.97 Å². The number of hydrogen-bond donors (Lipinski definition) is 0. The van der Waals surface area contributed by atoms with Crippen LogP contribution in [0.3, 0.4) is 0 Å². The summed E-state index contributed by atoms with van der Waals surface area (Å²) in [5, 5.41) is 9.11. The first kappa shape index (κ1) is 15.0. The van der Waals surface area contributed by atoms with E-state index in [9.17, 15) is 0 Å². The Morgan fingerprint density at radius 3 is 2.14 bits per heavy atom. The standard InChI is InChI=1S/C17H20N4/c1-17(2,3)13-8-6-12(7-9-13)15-10-14(11-18)19-16(20-15)21(4)5/h6-10H,1-5H3. The summed E-state index contributed by atoms with van der Waals surface area (Å²) in [6.45, 7) is 6.56. The normalized spacial score (nSPS) is 11.0. The number of benzene rings is 1. The minimum atomic E-state index is 0.122. The molecule has 0 spiro atoms. The van der Waals surface area contributed by atoms with Gasteiger partial charge in [-0.3, -0.25) is 0 Å². The molecule has 0 amide bonds. The van der Waals surface area contributed by atoms with Crippen LogP contribution in [0.5, 0.6) is 0 Å². The van der Waals surface area contributed by atoms with E-state index >= 15 is 0 Å². The third-order valence-corrected chi connectivity index (χ3v) is 3.28. The Kier molecular flexibility index (Phi) is 3.95. The van der Waals surface area contributed by atoms with Gasteiger partial charge in [-0.1, -0.05) is 45.0 Å². The first-order valence-corrected chi connectivity index (χ1v) is 6.88. The third kappa shape index (κ3) is 3.38. The summed E-state index contributed by atoms with van der Waals surface area (Å²) in [5.74, 6) is 0.545. The molecule has 0 atom stereocenters. The average molecular weight is 280 g/mol. The minimum absolute atomic E-state index is 0.122. The molecule has 0 radical (unpaired) electrons. The zero-order valence-corrected chi connectivity index (χ0v) is 13.2. The molecule has 0 saturated carbocycles. The fourth-order valence-electron chi connectivity index (χ4n) is 1.98. The van der Waals surface area contributed by atoms with Crippen LogP contribution < -0.4 is 4.90 Å². The van der Waals surface area contributed by atoms with E-state index < -0.39 is 0 Å². The highest BCUT2D eigenvalue weighted by molar-refractivity contribution is 5.62. The lowest BCUT2D eigenvalue weighted by Gasteiger charge is -2.19. The van der Waals surface area contributed by atoms with Crippen molar-refractivity contribution < 1.29 is 0 Å². The van der Waals surface area contributed by atoms with Gasteiger partial charge in [0.25, 0.3) is 0 Å². The Hall–Kier alpha value is -2.41. The van der Waals surface area contributed by atoms with E-state index in [0.29, 0.717) is 11.6 Å². The minimum Gasteiger partial charge on any atom is -0.347 e. The van der Waals surface area contributed by atoms with Gasteiger partial charge in [0.15, 0.2) is 0 Å². The highest BCUT2D eigenvalue weighted by Gasteiger charge is 2.14. The maximum absolute atomic E-state index is 9.11. The van der Waals surface area contributed by atoms with Crippen LogP contribution in [0.15, 0.2) is 30.3 Å². The number of hydrogen-bond acceptors (Lipinski definition) is 4. The highest BCUT2D eigenvalue weighted by atomic mass is 15.2. The maximum atomic E-state index is 9.11. The van der Waals surface area contributed by atoms with Crippen molar-refractivity contribution in [1.82, 2.24) is 9.97 Å². The van der Waals surface area contributed by atoms with E-state index in [1.807, 2.05) is 26.2 Å². The van der Waals surface area contributed by atoms with Crippen molar-refractivity contribution in [1.29, 1.82) is 5.26 Å². The van der Waals surface area contributed by atoms with Gasteiger partial charge in [0, 0.05) is 25.7 Å². The van der Waals surface area contributed by atoms with Crippen LogP contribution in [-0.2, 0) is 5.41 Å². The SMILES string of the molecule is CN(C)c1nc(C#N)cc(-c2ccc(C(C)(C)C)cc2)n1. The van der Waals surface area contributed by atoms with E-state index in [2.05, 4.69) is 48.9 Å². The molecule has 0 unspecified atom stereocenters. The summed E-state index contributed by atoms with van der Waals surface area (Å²) < 4.78 is 0. The van der Waals surface area contributed by atoms with Crippen LogP contribution in [0.1, 0.15) is 32.0 Å². The van der Waals surface area contributed by atoms with E-state index in [1.54, 1.807) is 11.0 Å². The predicted molar refractivity (Wildman–Crippen MR) is 85.2 cm³/mol. The van der Waals surface area contributed by atoms with Crippen molar-refractivity contribution in [2.45, 2.75) is 26.2 Å². The van der Waals surface area contributed by atoms with Gasteiger partial charge >= 0.3 is 0 Å². The van der Waals surface area contributed by atoms with Crippen LogP contribution in [0.2, 0.25) is 0 Å². The number of rotatable bonds is 2. The molecule has 4 heteroatoms. The van der Waals surface area contributed by atoms with Gasteiger partial charge in [0.1, 0.15) is 11.8 Å². The van der Waals surface area contributed by atoms with Gasteiger partial charge in [0.05, 0.1) is 5.69 Å². The molecule has 0 bridgehead atoms. The fourth-order valence-corrected chi connectivity index (χ4v) is 1.98. The van der Waals surface area contributed by atoms with Crippen molar-refractivity contribution in [3.05, 3.63) is 41.6 Å². The second kappa shape index (κ2) is 5.53. The molecule has 1 heterocycles. The number of nitrogens with zero attached hydrogens (tertiary/aromatic N) is 4. The molecular formula is C17H20N4. The van der Waals surface area contributed by atoms with Crippen molar-refractivity contribution in [2.75, 3.05) is 19.0 Å². The lowest BCUT2D eigenvalue weighted by atomic mass is 9.86. The topological polar surface area (TPSA) is 52.8 Å². The van der Waals surface area contributed by atoms with Crippen molar-refractivity contribution in [3.8, 4) is 17.3 Å². The molecule has 2 rings (SSSR count). The van der Waals surface area contributed by atoms with Gasteiger partial charge in [-0.15, -0.1) is 0 Å². The summed E-state index contributed by atoms with van der Waals surface area (Å²) in [4.78, 5) is 10.5. The molecule has 0 aliphatic heterocycles. The first-order chi connectivity index (χ1) is 9.81. The van der Waals surface area contributed by atoms with Gasteiger partial charge in [0.2, 0.25) is 5.95 Å². The lowest BCUT2D eigenvalue weighted by molar-refractivity contribution is 0.590. The Morgan fingerprint density at radius 1 is 1.05 bits per heavy atom. The number of aromatic nitrogens is 2. The van der Waals surface area contributed by atoms with Crippen LogP contribution in [0.25, 0.3) is 11.3 Å². The molecule has 1 aromatic carbocycles. The molecular weight excluding hydrogens is 260 g/mol. The largest absolute Gasteiger partial charge is 0.347 e. The summed E-state index contributed by atoms with van der Waals surface area (Å²) in [6.07, 6.45) is 0. The maximum Gasteiger partial charge on any atom is 0.226 e. The van der Waals surface area contributed by atoms with E-state index in [0.717, 1.165) is 11.3 Å². The van der Waals surface area contributed by atoms with Crippen molar-refractivity contribution >= 4 is 5.95 Å². The Balaban J connectivity index is 2.47. The van der Waals surface area contributed by atoms with Crippen LogP contribution in [0, 0.1) is 11.3 Å². The third-order valence-electron chi connectivity index (χ3n) is 3.28. The van der Waals surface area contributed by atoms with E-state index in [-0.39, 0.29) is 5.41 Å². The molecule has 0 aliphatic rings. The zero-order chi connectivity index (χ0) is 15.6. The summed E-state index contributed by atoms with van der Waals surface area (Å²) >= 11 is 0. The second-order valence-electron chi connectivity index (χ2n) is 6.27. The van der Waals surface area contributed by atoms with Crippen LogP contribution in [0.4, 0.5) is 5.95 Å². The summed E-state index contributed by atoms with van der Waals surface area (Å²) in [7, 11) is 3.73. The first-order valence-electron chi connectivity index (χ1n) is 6.88. The summed E-state index contributed by atoms with van der Waals surface area (Å²) in [6, 6.07) is 12.1. The molecule has 2 aromatic rings. The Morgan fingerprint density at radius 2 is 1.67 bits per heavy atom. The molecule has 0 N–H and O–H groups in total. The zero-order valence-electron chi connectivity index (χ0n) is 13.2. The number of anilines is 1. The fraction of sp³-hybridized carbons (Fsp3) is 0.353. The Bertz CT molecular complexity index is 673. The predicted octanol–water partition coefficient (Wildman–Crippen LogP) is 3.38. The molecule has 0 fully saturated rings. The van der Waals surface area contributed by atoms with Crippen LogP contribution >= 0.6 is 0 Å². The molecule has 0 saturated heterocycles. The monoisotopic (exact) mass is 280 g/mol. The Labute approximate surface area is 126 Å².